The van der Waals surface area contributed by atoms with Crippen LogP contribution in [0.3, 0.4) is 0 Å². The summed E-state index contributed by atoms with van der Waals surface area (Å²) in [6.45, 7) is 4.69. The van der Waals surface area contributed by atoms with Gasteiger partial charge >= 0.3 is 0 Å². The molecule has 0 atom stereocenters. The average molecular weight is 556 g/mol. The number of halogens is 4. The highest BCUT2D eigenvalue weighted by Gasteiger charge is 2.56. The Morgan fingerprint density at radius 1 is 0.619 bits per heavy atom. The first-order chi connectivity index (χ1) is 9.71. The third-order valence-electron chi connectivity index (χ3n) is 3.84. The molecule has 0 N–H and O–H groups in total. The SMILES string of the molecule is C[Si](C)(C(Br)(Br)c1ccccc1)C(Br)(Br)c1ccccc1. The van der Waals surface area contributed by atoms with Gasteiger partial charge in [0.25, 0.3) is 0 Å². The molecule has 0 heterocycles. The Morgan fingerprint density at radius 2 is 0.905 bits per heavy atom. The maximum absolute atomic E-state index is 3.96. The number of benzene rings is 2. The molecule has 112 valence electrons. The molecule has 5 heteroatoms. The van der Waals surface area contributed by atoms with E-state index in [9.17, 15) is 0 Å². The Labute approximate surface area is 161 Å². The van der Waals surface area contributed by atoms with Gasteiger partial charge in [-0.2, -0.15) is 0 Å². The zero-order chi connectivity index (χ0) is 15.7. The zero-order valence-corrected chi connectivity index (χ0v) is 19.1. The largest absolute Gasteiger partial charge is 0.123 e. The van der Waals surface area contributed by atoms with Crippen molar-refractivity contribution in [3.63, 3.8) is 0 Å². The fourth-order valence-corrected chi connectivity index (χ4v) is 12.2. The Morgan fingerprint density at radius 3 is 1.19 bits per heavy atom. The minimum absolute atomic E-state index is 0.253. The minimum Gasteiger partial charge on any atom is -0.0713 e. The molecular formula is C16H16Br4Si. The summed E-state index contributed by atoms with van der Waals surface area (Å²) in [5, 5.41) is 0. The van der Waals surface area contributed by atoms with Crippen LogP contribution >= 0.6 is 63.7 Å². The fourth-order valence-electron chi connectivity index (χ4n) is 2.21. The van der Waals surface area contributed by atoms with Crippen molar-refractivity contribution < 1.29 is 0 Å². The highest BCUT2D eigenvalue weighted by molar-refractivity contribution is 9.27. The molecular weight excluding hydrogens is 540 g/mol. The summed E-state index contributed by atoms with van der Waals surface area (Å²) in [6.07, 6.45) is 0. The van der Waals surface area contributed by atoms with Gasteiger partial charge in [-0.3, -0.25) is 0 Å². The van der Waals surface area contributed by atoms with Crippen LogP contribution in [-0.2, 0) is 5.71 Å². The normalized spacial score (nSPS) is 13.2. The van der Waals surface area contributed by atoms with Gasteiger partial charge in [0, 0.05) is 0 Å². The lowest BCUT2D eigenvalue weighted by atomic mass is 10.2. The van der Waals surface area contributed by atoms with Gasteiger partial charge in [-0.1, -0.05) is 137 Å². The molecule has 21 heavy (non-hydrogen) atoms. The van der Waals surface area contributed by atoms with E-state index in [4.69, 9.17) is 0 Å². The van der Waals surface area contributed by atoms with Crippen LogP contribution in [0.4, 0.5) is 0 Å². The molecule has 0 aliphatic heterocycles. The summed E-state index contributed by atoms with van der Waals surface area (Å²) in [5.74, 6) is 0. The Bertz CT molecular complexity index is 541. The van der Waals surface area contributed by atoms with E-state index in [-0.39, 0.29) is 5.71 Å². The molecule has 0 saturated carbocycles. The van der Waals surface area contributed by atoms with Crippen LogP contribution in [0, 0.1) is 0 Å². The molecule has 0 spiro atoms. The first kappa shape index (κ1) is 17.9. The molecule has 0 aromatic heterocycles. The lowest BCUT2D eigenvalue weighted by Crippen LogP contribution is -2.54. The van der Waals surface area contributed by atoms with Crippen LogP contribution in [0.25, 0.3) is 0 Å². The van der Waals surface area contributed by atoms with E-state index in [0.717, 1.165) is 0 Å². The van der Waals surface area contributed by atoms with Gasteiger partial charge in [-0.25, -0.2) is 0 Å². The number of hydrogen-bond donors (Lipinski definition) is 0. The summed E-state index contributed by atoms with van der Waals surface area (Å²) < 4.78 is -0.506. The smallest absolute Gasteiger partial charge is 0.0713 e. The minimum atomic E-state index is -1.97. The van der Waals surface area contributed by atoms with Crippen LogP contribution in [0.15, 0.2) is 60.7 Å². The molecule has 0 aliphatic rings. The molecule has 2 aromatic rings. The standard InChI is InChI=1S/C16H16Br4Si/c1-21(2,15(17,18)13-9-5-3-6-10-13)16(19,20)14-11-7-4-8-12-14/h3-12H,1-2H3. The molecule has 2 aromatic carbocycles. The summed E-state index contributed by atoms with van der Waals surface area (Å²) in [4.78, 5) is 0. The van der Waals surface area contributed by atoms with Gasteiger partial charge in [0.05, 0.1) is 5.71 Å². The predicted molar refractivity (Wildman–Crippen MR) is 109 cm³/mol. The summed E-state index contributed by atoms with van der Waals surface area (Å²) in [7, 11) is -1.97. The lowest BCUT2D eigenvalue weighted by Gasteiger charge is -2.45. The lowest BCUT2D eigenvalue weighted by molar-refractivity contribution is 1.12. The highest BCUT2D eigenvalue weighted by Crippen LogP contribution is 2.58. The van der Waals surface area contributed by atoms with Gasteiger partial charge in [-0.05, 0) is 11.1 Å². The summed E-state index contributed by atoms with van der Waals surface area (Å²) >= 11 is 15.9. The number of rotatable bonds is 4. The van der Waals surface area contributed by atoms with Crippen molar-refractivity contribution in [3.8, 4) is 0 Å². The van der Waals surface area contributed by atoms with E-state index in [1.165, 1.54) is 11.1 Å². The van der Waals surface area contributed by atoms with Crippen molar-refractivity contribution in [3.05, 3.63) is 71.8 Å². The molecule has 0 nitrogen and oxygen atoms in total. The average Bonchev–Trinajstić information content (AvgIpc) is 2.48. The maximum Gasteiger partial charge on any atom is 0.123 e. The Kier molecular flexibility index (Phi) is 5.63. The molecule has 0 aliphatic carbocycles. The van der Waals surface area contributed by atoms with E-state index >= 15 is 0 Å². The Balaban J connectivity index is 2.50. The summed E-state index contributed by atoms with van der Waals surface area (Å²) in [6, 6.07) is 21.0. The third kappa shape index (κ3) is 3.27. The third-order valence-corrected chi connectivity index (χ3v) is 21.3. The highest BCUT2D eigenvalue weighted by atomic mass is 79.9. The van der Waals surface area contributed by atoms with Gasteiger partial charge in [0.15, 0.2) is 0 Å². The van der Waals surface area contributed by atoms with Gasteiger partial charge in [0.1, 0.15) is 8.07 Å². The second-order valence-electron chi connectivity index (χ2n) is 5.51. The van der Waals surface area contributed by atoms with E-state index in [0.29, 0.717) is 0 Å². The van der Waals surface area contributed by atoms with Crippen LogP contribution in [0.2, 0.25) is 13.1 Å². The molecule has 0 bridgehead atoms. The zero-order valence-electron chi connectivity index (χ0n) is 11.8. The van der Waals surface area contributed by atoms with Crippen molar-refractivity contribution in [1.82, 2.24) is 0 Å². The van der Waals surface area contributed by atoms with Crippen molar-refractivity contribution in [1.29, 1.82) is 0 Å². The van der Waals surface area contributed by atoms with Gasteiger partial charge in [-0.15, -0.1) is 0 Å². The first-order valence-corrected chi connectivity index (χ1v) is 12.7. The van der Waals surface area contributed by atoms with Crippen LogP contribution in [-0.4, -0.2) is 8.07 Å². The van der Waals surface area contributed by atoms with Gasteiger partial charge in [0.2, 0.25) is 0 Å². The van der Waals surface area contributed by atoms with Crippen molar-refractivity contribution in [2.45, 2.75) is 18.8 Å². The van der Waals surface area contributed by atoms with E-state index in [1.807, 2.05) is 12.1 Å². The van der Waals surface area contributed by atoms with Crippen LogP contribution < -0.4 is 0 Å². The van der Waals surface area contributed by atoms with Crippen molar-refractivity contribution in [2.24, 2.45) is 0 Å². The topological polar surface area (TPSA) is 0 Å². The second-order valence-corrected chi connectivity index (χ2v) is 20.1. The molecule has 0 radical (unpaired) electrons. The second kappa shape index (κ2) is 6.60. The van der Waals surface area contributed by atoms with E-state index in [1.54, 1.807) is 0 Å². The molecule has 0 amide bonds. The fraction of sp³-hybridized carbons (Fsp3) is 0.250. The predicted octanol–water partition coefficient (Wildman–Crippen LogP) is 7.06. The Hall–Kier alpha value is 0.577. The van der Waals surface area contributed by atoms with Gasteiger partial charge < -0.3 is 0 Å². The molecule has 0 unspecified atom stereocenters. The maximum atomic E-state index is 3.96. The van der Waals surface area contributed by atoms with E-state index < -0.39 is 8.07 Å². The van der Waals surface area contributed by atoms with Crippen LogP contribution in [0.1, 0.15) is 11.1 Å². The number of hydrogen-bond acceptors (Lipinski definition) is 0. The number of alkyl halides is 4. The monoisotopic (exact) mass is 552 g/mol. The molecule has 0 fully saturated rings. The quantitative estimate of drug-likeness (QED) is 0.280. The van der Waals surface area contributed by atoms with E-state index in [2.05, 4.69) is 125 Å². The summed E-state index contributed by atoms with van der Waals surface area (Å²) in [5.41, 5.74) is 2.47. The van der Waals surface area contributed by atoms with Crippen molar-refractivity contribution >= 4 is 71.8 Å². The molecule has 0 saturated heterocycles. The molecule has 2 rings (SSSR count). The first-order valence-electron chi connectivity index (χ1n) is 6.58. The van der Waals surface area contributed by atoms with Crippen molar-refractivity contribution in [2.75, 3.05) is 0 Å². The van der Waals surface area contributed by atoms with Crippen LogP contribution in [0.5, 0.6) is 0 Å².